The van der Waals surface area contributed by atoms with Crippen molar-refractivity contribution in [2.75, 3.05) is 0 Å². The predicted octanol–water partition coefficient (Wildman–Crippen LogP) is 9.49. The molecule has 186 valence electrons. The summed E-state index contributed by atoms with van der Waals surface area (Å²) >= 11 is 0. The van der Waals surface area contributed by atoms with E-state index in [0.29, 0.717) is 0 Å². The SMILES string of the molecule is c1ccc2c(c1)cc(-c1ccc3ccc4ccc(-c5ccc(-c6ccncc6)cc5)nc4c3n1)c1ccccc12. The van der Waals surface area contributed by atoms with Crippen molar-refractivity contribution < 1.29 is 0 Å². The highest BCUT2D eigenvalue weighted by molar-refractivity contribution is 6.14. The molecule has 40 heavy (non-hydrogen) atoms. The summed E-state index contributed by atoms with van der Waals surface area (Å²) in [5, 5.41) is 7.08. The summed E-state index contributed by atoms with van der Waals surface area (Å²) in [6, 6.07) is 44.8. The molecule has 0 saturated carbocycles. The molecular weight excluding hydrogens is 486 g/mol. The molecule has 0 aliphatic rings. The molecule has 0 saturated heterocycles. The fraction of sp³-hybridized carbons (Fsp3) is 0. The van der Waals surface area contributed by atoms with E-state index in [9.17, 15) is 0 Å². The summed E-state index contributed by atoms with van der Waals surface area (Å²) in [4.78, 5) is 14.5. The Hall–Kier alpha value is -5.41. The second kappa shape index (κ2) is 9.11. The fourth-order valence-corrected chi connectivity index (χ4v) is 5.72. The second-order valence-corrected chi connectivity index (χ2v) is 10.1. The third-order valence-electron chi connectivity index (χ3n) is 7.76. The molecule has 3 heterocycles. The maximum atomic E-state index is 5.25. The number of nitrogens with zero attached hydrogens (tertiary/aromatic N) is 3. The molecule has 5 aromatic carbocycles. The Balaban J connectivity index is 1.29. The van der Waals surface area contributed by atoms with Crippen LogP contribution in [0.1, 0.15) is 0 Å². The van der Waals surface area contributed by atoms with Crippen molar-refractivity contribution in [1.82, 2.24) is 15.0 Å². The van der Waals surface area contributed by atoms with Crippen LogP contribution in [-0.2, 0) is 0 Å². The third-order valence-corrected chi connectivity index (χ3v) is 7.76. The van der Waals surface area contributed by atoms with E-state index in [1.165, 1.54) is 21.5 Å². The number of hydrogen-bond donors (Lipinski definition) is 0. The Morgan fingerprint density at radius 3 is 1.68 bits per heavy atom. The van der Waals surface area contributed by atoms with Crippen molar-refractivity contribution in [3.05, 3.63) is 140 Å². The van der Waals surface area contributed by atoms with E-state index < -0.39 is 0 Å². The van der Waals surface area contributed by atoms with Gasteiger partial charge in [-0.05, 0) is 63.0 Å². The van der Waals surface area contributed by atoms with Crippen LogP contribution in [0.2, 0.25) is 0 Å². The molecule has 0 bridgehead atoms. The smallest absolute Gasteiger partial charge is 0.0972 e. The van der Waals surface area contributed by atoms with Crippen LogP contribution in [0.15, 0.2) is 140 Å². The van der Waals surface area contributed by atoms with E-state index in [2.05, 4.69) is 120 Å². The van der Waals surface area contributed by atoms with E-state index in [-0.39, 0.29) is 0 Å². The zero-order valence-electron chi connectivity index (χ0n) is 21.6. The van der Waals surface area contributed by atoms with Gasteiger partial charge >= 0.3 is 0 Å². The third kappa shape index (κ3) is 3.71. The Morgan fingerprint density at radius 1 is 0.375 bits per heavy atom. The van der Waals surface area contributed by atoms with Crippen molar-refractivity contribution in [2.24, 2.45) is 0 Å². The minimum absolute atomic E-state index is 0.917. The highest BCUT2D eigenvalue weighted by atomic mass is 14.8. The summed E-state index contributed by atoms with van der Waals surface area (Å²) in [6.45, 7) is 0. The van der Waals surface area contributed by atoms with Gasteiger partial charge in [-0.3, -0.25) is 4.98 Å². The lowest BCUT2D eigenvalue weighted by Gasteiger charge is -2.12. The van der Waals surface area contributed by atoms with E-state index in [4.69, 9.17) is 9.97 Å². The van der Waals surface area contributed by atoms with Crippen molar-refractivity contribution in [1.29, 1.82) is 0 Å². The van der Waals surface area contributed by atoms with Gasteiger partial charge in [-0.25, -0.2) is 9.97 Å². The summed E-state index contributed by atoms with van der Waals surface area (Å²) in [5.41, 5.74) is 8.25. The summed E-state index contributed by atoms with van der Waals surface area (Å²) in [6.07, 6.45) is 3.64. The normalized spacial score (nSPS) is 11.5. The first-order valence-corrected chi connectivity index (χ1v) is 13.4. The van der Waals surface area contributed by atoms with Crippen LogP contribution < -0.4 is 0 Å². The number of hydrogen-bond acceptors (Lipinski definition) is 3. The Morgan fingerprint density at radius 2 is 0.925 bits per heavy atom. The number of fused-ring (bicyclic) bond motifs is 6. The van der Waals surface area contributed by atoms with Gasteiger partial charge in [0.2, 0.25) is 0 Å². The number of pyridine rings is 3. The van der Waals surface area contributed by atoms with E-state index >= 15 is 0 Å². The van der Waals surface area contributed by atoms with Crippen molar-refractivity contribution in [3.63, 3.8) is 0 Å². The van der Waals surface area contributed by atoms with Crippen LogP contribution >= 0.6 is 0 Å². The lowest BCUT2D eigenvalue weighted by molar-refractivity contribution is 1.33. The van der Waals surface area contributed by atoms with Gasteiger partial charge in [-0.15, -0.1) is 0 Å². The first-order valence-electron chi connectivity index (χ1n) is 13.4. The Kier molecular flexibility index (Phi) is 5.14. The molecule has 3 heteroatoms. The first kappa shape index (κ1) is 22.6. The molecule has 0 radical (unpaired) electrons. The highest BCUT2D eigenvalue weighted by Crippen LogP contribution is 2.36. The standard InChI is InChI=1S/C37H23N3/c1-2-6-30-29(5-1)23-33(32-8-4-3-7-31(30)32)35-18-16-28-14-13-27-15-17-34(39-36(27)37(28)40-35)26-11-9-24(10-12-26)25-19-21-38-22-20-25/h1-23H. The predicted molar refractivity (Wildman–Crippen MR) is 166 cm³/mol. The number of benzene rings is 5. The first-order chi connectivity index (χ1) is 19.8. The van der Waals surface area contributed by atoms with Gasteiger partial charge in [0.25, 0.3) is 0 Å². The highest BCUT2D eigenvalue weighted by Gasteiger charge is 2.12. The molecule has 0 N–H and O–H groups in total. The van der Waals surface area contributed by atoms with Crippen LogP contribution in [0.25, 0.3) is 77.0 Å². The van der Waals surface area contributed by atoms with Gasteiger partial charge in [0.05, 0.1) is 22.4 Å². The largest absolute Gasteiger partial charge is 0.265 e. The molecule has 3 nitrogen and oxygen atoms in total. The maximum absolute atomic E-state index is 5.25. The second-order valence-electron chi connectivity index (χ2n) is 10.1. The molecule has 0 spiro atoms. The fourth-order valence-electron chi connectivity index (χ4n) is 5.72. The molecule has 0 atom stereocenters. The van der Waals surface area contributed by atoms with Crippen LogP contribution in [0.4, 0.5) is 0 Å². The number of rotatable bonds is 3. The lowest BCUT2D eigenvalue weighted by atomic mass is 9.95. The topological polar surface area (TPSA) is 38.7 Å². The van der Waals surface area contributed by atoms with Crippen LogP contribution in [0.3, 0.4) is 0 Å². The van der Waals surface area contributed by atoms with Crippen molar-refractivity contribution >= 4 is 43.4 Å². The van der Waals surface area contributed by atoms with Crippen LogP contribution in [0, 0.1) is 0 Å². The zero-order valence-corrected chi connectivity index (χ0v) is 21.6. The molecule has 8 rings (SSSR count). The Labute approximate surface area is 231 Å². The van der Waals surface area contributed by atoms with Crippen LogP contribution in [0.5, 0.6) is 0 Å². The minimum Gasteiger partial charge on any atom is -0.265 e. The average molecular weight is 510 g/mol. The van der Waals surface area contributed by atoms with Gasteiger partial charge in [0.1, 0.15) is 0 Å². The summed E-state index contributed by atoms with van der Waals surface area (Å²) in [7, 11) is 0. The molecular formula is C37H23N3. The zero-order chi connectivity index (χ0) is 26.5. The number of aromatic nitrogens is 3. The average Bonchev–Trinajstić information content (AvgIpc) is 3.04. The minimum atomic E-state index is 0.917. The summed E-state index contributed by atoms with van der Waals surface area (Å²) < 4.78 is 0. The maximum Gasteiger partial charge on any atom is 0.0972 e. The molecule has 0 unspecified atom stereocenters. The lowest BCUT2D eigenvalue weighted by Crippen LogP contribution is -1.92. The molecule has 0 amide bonds. The van der Waals surface area contributed by atoms with Crippen molar-refractivity contribution in [2.45, 2.75) is 0 Å². The Bertz CT molecular complexity index is 2200. The molecule has 0 aliphatic heterocycles. The van der Waals surface area contributed by atoms with Gasteiger partial charge < -0.3 is 0 Å². The summed E-state index contributed by atoms with van der Waals surface area (Å²) in [5.74, 6) is 0. The molecule has 8 aromatic rings. The van der Waals surface area contributed by atoms with Crippen LogP contribution in [-0.4, -0.2) is 15.0 Å². The van der Waals surface area contributed by atoms with Gasteiger partial charge in [0.15, 0.2) is 0 Å². The van der Waals surface area contributed by atoms with E-state index in [1.54, 1.807) is 0 Å². The van der Waals surface area contributed by atoms with E-state index in [0.717, 1.165) is 55.4 Å². The molecule has 0 aliphatic carbocycles. The van der Waals surface area contributed by atoms with Gasteiger partial charge in [-0.2, -0.15) is 0 Å². The van der Waals surface area contributed by atoms with E-state index in [1.807, 2.05) is 24.5 Å². The monoisotopic (exact) mass is 509 g/mol. The van der Waals surface area contributed by atoms with Gasteiger partial charge in [0, 0.05) is 34.3 Å². The molecule has 3 aromatic heterocycles. The quantitative estimate of drug-likeness (QED) is 0.223. The van der Waals surface area contributed by atoms with Crippen molar-refractivity contribution in [3.8, 4) is 33.6 Å². The molecule has 0 fully saturated rings. The van der Waals surface area contributed by atoms with Gasteiger partial charge in [-0.1, -0.05) is 97.1 Å².